The lowest BCUT2D eigenvalue weighted by Crippen LogP contribution is -2.38. The molecule has 1 atom stereocenters. The zero-order valence-electron chi connectivity index (χ0n) is 12.1. The smallest absolute Gasteiger partial charge is 0.0765 e. The van der Waals surface area contributed by atoms with E-state index in [1.54, 1.807) is 14.2 Å². The summed E-state index contributed by atoms with van der Waals surface area (Å²) >= 11 is 0. The fraction of sp³-hybridized carbons (Fsp3) is 0.600. The van der Waals surface area contributed by atoms with E-state index in [-0.39, 0.29) is 0 Å². The summed E-state index contributed by atoms with van der Waals surface area (Å²) < 4.78 is 10.1. The average molecular weight is 267 g/mol. The van der Waals surface area contributed by atoms with Crippen molar-refractivity contribution in [2.75, 3.05) is 27.4 Å². The average Bonchev–Trinajstić information content (AvgIpc) is 2.37. The van der Waals surface area contributed by atoms with Crippen molar-refractivity contribution in [3.05, 3.63) is 35.4 Å². The van der Waals surface area contributed by atoms with Crippen molar-refractivity contribution in [1.29, 1.82) is 0 Å². The van der Waals surface area contributed by atoms with Crippen LogP contribution in [0, 0.1) is 0 Å². The Hall–Kier alpha value is -0.940. The summed E-state index contributed by atoms with van der Waals surface area (Å²) in [4.78, 5) is 0. The second kappa shape index (κ2) is 8.27. The first-order valence-electron chi connectivity index (χ1n) is 6.56. The summed E-state index contributed by atoms with van der Waals surface area (Å²) in [5.41, 5.74) is 1.62. The van der Waals surface area contributed by atoms with Crippen LogP contribution < -0.4 is 5.32 Å². The van der Waals surface area contributed by atoms with Gasteiger partial charge >= 0.3 is 0 Å². The molecule has 0 aliphatic heterocycles. The summed E-state index contributed by atoms with van der Waals surface area (Å²) in [6.07, 6.45) is 0.625. The molecule has 19 heavy (non-hydrogen) atoms. The third-order valence-corrected chi connectivity index (χ3v) is 2.98. The number of methoxy groups -OCH3 is 2. The van der Waals surface area contributed by atoms with Gasteiger partial charge in [-0.05, 0) is 18.1 Å². The number of aliphatic hydroxyl groups is 1. The van der Waals surface area contributed by atoms with Crippen LogP contribution >= 0.6 is 0 Å². The molecule has 4 heteroatoms. The third-order valence-electron chi connectivity index (χ3n) is 2.98. The first-order valence-corrected chi connectivity index (χ1v) is 6.56. The van der Waals surface area contributed by atoms with Crippen molar-refractivity contribution in [1.82, 2.24) is 5.32 Å². The SMILES string of the molecule is COCCC(C)(O)CNCc1cccc(COC)c1. The van der Waals surface area contributed by atoms with Crippen LogP contribution in [0.1, 0.15) is 24.5 Å². The lowest BCUT2D eigenvalue weighted by molar-refractivity contribution is 0.0247. The van der Waals surface area contributed by atoms with E-state index in [1.165, 1.54) is 5.56 Å². The maximum atomic E-state index is 10.1. The van der Waals surface area contributed by atoms with Gasteiger partial charge in [0.05, 0.1) is 12.2 Å². The molecule has 1 rings (SSSR count). The second-order valence-electron chi connectivity index (χ2n) is 5.10. The zero-order chi connectivity index (χ0) is 14.1. The Morgan fingerprint density at radius 3 is 2.63 bits per heavy atom. The summed E-state index contributed by atoms with van der Waals surface area (Å²) in [6, 6.07) is 8.24. The predicted octanol–water partition coefficient (Wildman–Crippen LogP) is 1.71. The Bertz CT molecular complexity index is 366. The summed E-state index contributed by atoms with van der Waals surface area (Å²) in [6.45, 7) is 4.29. The van der Waals surface area contributed by atoms with E-state index < -0.39 is 5.60 Å². The molecule has 0 aromatic heterocycles. The van der Waals surface area contributed by atoms with Crippen LogP contribution in [0.3, 0.4) is 0 Å². The molecule has 0 saturated carbocycles. The highest BCUT2D eigenvalue weighted by Gasteiger charge is 2.18. The highest BCUT2D eigenvalue weighted by molar-refractivity contribution is 5.22. The van der Waals surface area contributed by atoms with Crippen molar-refractivity contribution in [3.63, 3.8) is 0 Å². The Balaban J connectivity index is 2.37. The molecule has 0 fully saturated rings. The molecule has 1 aromatic rings. The lowest BCUT2D eigenvalue weighted by atomic mass is 10.0. The van der Waals surface area contributed by atoms with E-state index >= 15 is 0 Å². The topological polar surface area (TPSA) is 50.7 Å². The third kappa shape index (κ3) is 6.68. The first kappa shape index (κ1) is 16.1. The molecule has 1 unspecified atom stereocenters. The number of hydrogen-bond donors (Lipinski definition) is 2. The molecule has 0 saturated heterocycles. The number of nitrogens with one attached hydrogen (secondary N) is 1. The minimum absolute atomic E-state index is 0.546. The molecule has 0 aliphatic rings. The number of ether oxygens (including phenoxy) is 2. The highest BCUT2D eigenvalue weighted by Crippen LogP contribution is 2.09. The van der Waals surface area contributed by atoms with Gasteiger partial charge < -0.3 is 19.9 Å². The molecule has 0 bridgehead atoms. The van der Waals surface area contributed by atoms with Gasteiger partial charge in [0.2, 0.25) is 0 Å². The van der Waals surface area contributed by atoms with Crippen molar-refractivity contribution in [2.24, 2.45) is 0 Å². The standard InChI is InChI=1S/C15H25NO3/c1-15(17,7-8-18-2)12-16-10-13-5-4-6-14(9-13)11-19-3/h4-6,9,16-17H,7-8,10-12H2,1-3H3. The van der Waals surface area contributed by atoms with Crippen LogP contribution in [0.2, 0.25) is 0 Å². The van der Waals surface area contributed by atoms with Gasteiger partial charge in [0.1, 0.15) is 0 Å². The van der Waals surface area contributed by atoms with Gasteiger partial charge in [-0.1, -0.05) is 24.3 Å². The number of hydrogen-bond acceptors (Lipinski definition) is 4. The zero-order valence-corrected chi connectivity index (χ0v) is 12.1. The molecule has 108 valence electrons. The maximum absolute atomic E-state index is 10.1. The molecule has 4 nitrogen and oxygen atoms in total. The molecular weight excluding hydrogens is 242 g/mol. The molecule has 0 radical (unpaired) electrons. The Kier molecular flexibility index (Phi) is 7.02. The molecule has 0 heterocycles. The summed E-state index contributed by atoms with van der Waals surface area (Å²) in [5, 5.41) is 13.4. The molecular formula is C15H25NO3. The van der Waals surface area contributed by atoms with E-state index in [0.29, 0.717) is 26.2 Å². The van der Waals surface area contributed by atoms with E-state index in [1.807, 2.05) is 19.1 Å². The van der Waals surface area contributed by atoms with Crippen molar-refractivity contribution in [3.8, 4) is 0 Å². The Morgan fingerprint density at radius 1 is 1.21 bits per heavy atom. The van der Waals surface area contributed by atoms with Gasteiger partial charge in [0.25, 0.3) is 0 Å². The van der Waals surface area contributed by atoms with Crippen molar-refractivity contribution >= 4 is 0 Å². The molecule has 2 N–H and O–H groups in total. The number of rotatable bonds is 9. The quantitative estimate of drug-likeness (QED) is 0.715. The monoisotopic (exact) mass is 267 g/mol. The van der Waals surface area contributed by atoms with Gasteiger partial charge in [-0.2, -0.15) is 0 Å². The number of benzene rings is 1. The fourth-order valence-corrected chi connectivity index (χ4v) is 1.88. The summed E-state index contributed by atoms with van der Waals surface area (Å²) in [7, 11) is 3.34. The van der Waals surface area contributed by atoms with Crippen LogP contribution in [0.25, 0.3) is 0 Å². The fourth-order valence-electron chi connectivity index (χ4n) is 1.88. The highest BCUT2D eigenvalue weighted by atomic mass is 16.5. The minimum atomic E-state index is -0.736. The van der Waals surface area contributed by atoms with E-state index in [0.717, 1.165) is 12.1 Å². The van der Waals surface area contributed by atoms with Crippen molar-refractivity contribution in [2.45, 2.75) is 32.1 Å². The lowest BCUT2D eigenvalue weighted by Gasteiger charge is -2.23. The van der Waals surface area contributed by atoms with Gasteiger partial charge in [-0.25, -0.2) is 0 Å². The minimum Gasteiger partial charge on any atom is -0.389 e. The molecule has 0 aliphatic carbocycles. The van der Waals surface area contributed by atoms with E-state index in [2.05, 4.69) is 17.4 Å². The Labute approximate surface area is 115 Å². The normalized spacial score (nSPS) is 14.3. The van der Waals surface area contributed by atoms with Gasteiger partial charge in [-0.15, -0.1) is 0 Å². The predicted molar refractivity (Wildman–Crippen MR) is 76.0 cm³/mol. The van der Waals surface area contributed by atoms with Gasteiger partial charge in [0, 0.05) is 40.3 Å². The van der Waals surface area contributed by atoms with Crippen LogP contribution in [0.15, 0.2) is 24.3 Å². The summed E-state index contributed by atoms with van der Waals surface area (Å²) in [5.74, 6) is 0. The largest absolute Gasteiger partial charge is 0.389 e. The first-order chi connectivity index (χ1) is 9.07. The van der Waals surface area contributed by atoms with E-state index in [9.17, 15) is 5.11 Å². The van der Waals surface area contributed by atoms with Gasteiger partial charge in [0.15, 0.2) is 0 Å². The van der Waals surface area contributed by atoms with Crippen LogP contribution in [0.4, 0.5) is 0 Å². The van der Waals surface area contributed by atoms with Crippen LogP contribution in [-0.2, 0) is 22.6 Å². The van der Waals surface area contributed by atoms with Crippen molar-refractivity contribution < 1.29 is 14.6 Å². The van der Waals surface area contributed by atoms with Gasteiger partial charge in [-0.3, -0.25) is 0 Å². The van der Waals surface area contributed by atoms with Crippen LogP contribution in [0.5, 0.6) is 0 Å². The second-order valence-corrected chi connectivity index (χ2v) is 5.10. The van der Waals surface area contributed by atoms with Crippen LogP contribution in [-0.4, -0.2) is 38.1 Å². The molecule has 1 aromatic carbocycles. The van der Waals surface area contributed by atoms with E-state index in [4.69, 9.17) is 9.47 Å². The maximum Gasteiger partial charge on any atom is 0.0765 e. The molecule has 0 amide bonds. The molecule has 0 spiro atoms. The Morgan fingerprint density at radius 2 is 1.95 bits per heavy atom.